The van der Waals surface area contributed by atoms with Gasteiger partial charge in [0.15, 0.2) is 25.0 Å². The molecular weight excluding hydrogens is 907 g/mol. The Morgan fingerprint density at radius 3 is 0.768 bits per heavy atom. The van der Waals surface area contributed by atoms with Crippen molar-refractivity contribution in [2.24, 2.45) is 0 Å². The van der Waals surface area contributed by atoms with Crippen LogP contribution in [0, 0.1) is 0 Å². The molecule has 0 unspecified atom stereocenters. The summed E-state index contributed by atoms with van der Waals surface area (Å²) in [4.78, 5) is 41.9. The van der Waals surface area contributed by atoms with E-state index >= 15 is 0 Å². The number of carbonyl (C=O) groups excluding carboxylic acids is 3. The molecule has 1 aromatic rings. The van der Waals surface area contributed by atoms with Gasteiger partial charge in [0.1, 0.15) is 0 Å². The Bertz CT molecular complexity index is 1320. The molecule has 0 aliphatic carbocycles. The molecule has 3 N–H and O–H groups in total. The van der Waals surface area contributed by atoms with Gasteiger partial charge in [-0.05, 0) is 69.6 Å². The van der Waals surface area contributed by atoms with Crippen LogP contribution in [-0.2, 0) is 13.3 Å². The van der Waals surface area contributed by atoms with Gasteiger partial charge < -0.3 is 29.2 Å². The summed E-state index contributed by atoms with van der Waals surface area (Å²) in [5, 5.41) is 9.23. The van der Waals surface area contributed by atoms with Gasteiger partial charge in [0.2, 0.25) is 0 Å². The molecule has 0 saturated heterocycles. The van der Waals surface area contributed by atoms with E-state index in [0.29, 0.717) is 72.7 Å². The summed E-state index contributed by atoms with van der Waals surface area (Å²) in [5.41, 5.74) is 3.58. The first kappa shape index (κ1) is 65.2. The lowest BCUT2D eigenvalue weighted by Gasteiger charge is -2.39. The maximum atomic E-state index is 14.0. The maximum Gasteiger partial charge on any atom is 0.251 e. The van der Waals surface area contributed by atoms with E-state index in [0.717, 1.165) is 18.1 Å². The molecule has 1 aromatic carbocycles. The van der Waals surface area contributed by atoms with Crippen molar-refractivity contribution < 1.29 is 27.7 Å². The quantitative estimate of drug-likeness (QED) is 0.0444. The fourth-order valence-corrected chi connectivity index (χ4v) is 24.8. The monoisotopic (exact) mass is 1020 g/mol. The molecule has 0 aromatic heterocycles. The van der Waals surface area contributed by atoms with Gasteiger partial charge in [-0.1, -0.05) is 219 Å². The molecule has 402 valence electrons. The minimum atomic E-state index is -2.10. The fourth-order valence-electron chi connectivity index (χ4n) is 11.0. The Morgan fingerprint density at radius 2 is 0.565 bits per heavy atom. The van der Waals surface area contributed by atoms with Gasteiger partial charge in [-0.2, -0.15) is 0 Å². The van der Waals surface area contributed by atoms with Crippen LogP contribution in [0.4, 0.5) is 0 Å². The predicted molar refractivity (Wildman–Crippen MR) is 304 cm³/mol. The summed E-state index contributed by atoms with van der Waals surface area (Å²) in [7, 11) is -6.30. The van der Waals surface area contributed by atoms with Crippen molar-refractivity contribution in [1.29, 1.82) is 0 Å². The highest BCUT2D eigenvalue weighted by Crippen LogP contribution is 2.41. The Hall–Kier alpha value is -1.84. The molecule has 0 fully saturated rings. The molecule has 0 saturated carbocycles. The number of hydrogen-bond donors (Lipinski definition) is 3. The molecule has 9 nitrogen and oxygen atoms in total. The molecule has 0 bridgehead atoms. The molecule has 0 spiro atoms. The van der Waals surface area contributed by atoms with Crippen LogP contribution in [0.5, 0.6) is 0 Å². The van der Waals surface area contributed by atoms with Gasteiger partial charge in [0.25, 0.3) is 17.7 Å². The molecule has 0 aliphatic heterocycles. The van der Waals surface area contributed by atoms with Gasteiger partial charge in [-0.15, -0.1) is 0 Å². The Balaban J connectivity index is 3.27. The highest BCUT2D eigenvalue weighted by Gasteiger charge is 2.43. The zero-order valence-corrected chi connectivity index (χ0v) is 50.7. The van der Waals surface area contributed by atoms with Crippen LogP contribution in [-0.4, -0.2) is 82.1 Å². The average molecular weight is 1020 g/mol. The van der Waals surface area contributed by atoms with Crippen LogP contribution in [0.25, 0.3) is 0 Å². The number of benzene rings is 1. The number of unbranched alkanes of at least 4 members (excludes halogenated alkanes) is 15. The fraction of sp³-hybridized carbons (Fsp3) is 0.842. The van der Waals surface area contributed by atoms with Crippen molar-refractivity contribution >= 4 is 42.7 Å². The lowest BCUT2D eigenvalue weighted by Crippen LogP contribution is -2.46. The van der Waals surface area contributed by atoms with E-state index in [1.807, 2.05) is 0 Å². The van der Waals surface area contributed by atoms with Crippen LogP contribution in [0.3, 0.4) is 0 Å². The van der Waals surface area contributed by atoms with Crippen LogP contribution >= 0.6 is 0 Å². The minimum absolute atomic E-state index is 0.276. The van der Waals surface area contributed by atoms with E-state index in [2.05, 4.69) is 120 Å². The van der Waals surface area contributed by atoms with Gasteiger partial charge in [-0.25, -0.2) is 0 Å². The van der Waals surface area contributed by atoms with E-state index in [9.17, 15) is 14.4 Å². The smallest absolute Gasteiger partial charge is 0.251 e. The van der Waals surface area contributed by atoms with Crippen LogP contribution < -0.4 is 16.0 Å². The van der Waals surface area contributed by atoms with Crippen molar-refractivity contribution in [3.05, 3.63) is 34.9 Å². The molecule has 0 atom stereocenters. The van der Waals surface area contributed by atoms with Crippen molar-refractivity contribution in [3.8, 4) is 0 Å². The van der Waals surface area contributed by atoms with E-state index < -0.39 is 25.0 Å². The third-order valence-corrected chi connectivity index (χ3v) is 33.0. The van der Waals surface area contributed by atoms with Crippen molar-refractivity contribution in [2.75, 3.05) is 39.5 Å². The van der Waals surface area contributed by atoms with Crippen molar-refractivity contribution in [2.45, 2.75) is 271 Å². The third kappa shape index (κ3) is 22.9. The third-order valence-electron chi connectivity index (χ3n) is 15.6. The molecule has 0 aliphatic rings. The van der Waals surface area contributed by atoms with E-state index in [-0.39, 0.29) is 34.4 Å². The first-order valence-corrected chi connectivity index (χ1v) is 35.5. The lowest BCUT2D eigenvalue weighted by atomic mass is 10.0. The van der Waals surface area contributed by atoms with Crippen molar-refractivity contribution in [3.63, 3.8) is 0 Å². The number of rotatable bonds is 42. The van der Waals surface area contributed by atoms with Crippen LogP contribution in [0.15, 0.2) is 18.2 Å². The first-order valence-electron chi connectivity index (χ1n) is 28.7. The Morgan fingerprint density at radius 1 is 0.362 bits per heavy atom. The maximum absolute atomic E-state index is 14.0. The summed E-state index contributed by atoms with van der Waals surface area (Å²) in [5.74, 6) is -0.986. The van der Waals surface area contributed by atoms with Crippen molar-refractivity contribution in [1.82, 2.24) is 16.0 Å². The van der Waals surface area contributed by atoms with E-state index in [1.54, 1.807) is 18.2 Å². The summed E-state index contributed by atoms with van der Waals surface area (Å²) >= 11 is 0. The second kappa shape index (κ2) is 36.1. The molecule has 12 heteroatoms. The summed E-state index contributed by atoms with van der Waals surface area (Å²) in [6.45, 7) is 36.7. The molecule has 0 heterocycles. The average Bonchev–Trinajstić information content (AvgIpc) is 3.30. The lowest BCUT2D eigenvalue weighted by molar-refractivity contribution is 0.0945. The number of hydrogen-bond acceptors (Lipinski definition) is 6. The molecule has 69 heavy (non-hydrogen) atoms. The Kier molecular flexibility index (Phi) is 34.1. The number of nitrogens with one attached hydrogen (secondary N) is 3. The molecular formula is C57H111N3O6Si3. The molecule has 1 rings (SSSR count). The predicted octanol–water partition coefficient (Wildman–Crippen LogP) is 16.3. The second-order valence-electron chi connectivity index (χ2n) is 22.5. The standard InChI is InChI=1S/C57H111N3O6Si3/c1-16-19-22-25-28-31-40-67(46(4)5,47(6)7)64-37-34-58-55(61)52-43-53(56(62)59-35-38-65-68(48(8)9,49(10)11)41-32-29-26-23-20-17-2)45-54(44-52)57(63)60-36-39-66-69(50(12)13,51(14)15)42-33-30-27-24-21-18-3/h43-51H,16-42H2,1-15H3,(H,58,61)(H,59,62)(H,60,63). The van der Waals surface area contributed by atoms with E-state index in [1.165, 1.54) is 116 Å². The highest BCUT2D eigenvalue weighted by molar-refractivity contribution is 6.77. The Labute approximate surface area is 429 Å². The minimum Gasteiger partial charge on any atom is -0.414 e. The zero-order valence-electron chi connectivity index (χ0n) is 47.7. The topological polar surface area (TPSA) is 115 Å². The molecule has 3 amide bonds. The van der Waals surface area contributed by atoms with E-state index in [4.69, 9.17) is 13.3 Å². The zero-order chi connectivity index (χ0) is 51.9. The molecule has 0 radical (unpaired) electrons. The summed E-state index contributed by atoms with van der Waals surface area (Å²) < 4.78 is 20.6. The summed E-state index contributed by atoms with van der Waals surface area (Å²) in [6, 6.07) is 8.21. The first-order chi connectivity index (χ1) is 32.8. The largest absolute Gasteiger partial charge is 0.414 e. The normalized spacial score (nSPS) is 12.7. The SMILES string of the molecule is CCCCCCCC[Si](OCCNC(=O)c1cc(C(=O)NCCO[Si](CCCCCCCC)(C(C)C)C(C)C)cc(C(=O)NCCO[Si](CCCCCCCC)(C(C)C)C(C)C)c1)(C(C)C)C(C)C. The highest BCUT2D eigenvalue weighted by atomic mass is 28.4. The number of carbonyl (C=O) groups is 3. The van der Waals surface area contributed by atoms with Gasteiger partial charge >= 0.3 is 0 Å². The second-order valence-corrected chi connectivity index (χ2v) is 37.5. The number of amides is 3. The van der Waals surface area contributed by atoms with Gasteiger partial charge in [0.05, 0.1) is 19.8 Å². The summed E-state index contributed by atoms with van der Waals surface area (Å²) in [6.07, 6.45) is 22.6. The van der Waals surface area contributed by atoms with Gasteiger partial charge in [0, 0.05) is 36.3 Å². The van der Waals surface area contributed by atoms with Crippen LogP contribution in [0.1, 0.15) is 251 Å². The van der Waals surface area contributed by atoms with Crippen LogP contribution in [0.2, 0.25) is 51.4 Å². The van der Waals surface area contributed by atoms with Gasteiger partial charge in [-0.3, -0.25) is 14.4 Å².